The van der Waals surface area contributed by atoms with Crippen molar-refractivity contribution in [1.29, 1.82) is 0 Å². The van der Waals surface area contributed by atoms with Crippen LogP contribution in [0.25, 0.3) is 0 Å². The van der Waals surface area contributed by atoms with Crippen LogP contribution in [0.2, 0.25) is 0 Å². The number of hydrogen-bond acceptors (Lipinski definition) is 1. The third-order valence-electron chi connectivity index (χ3n) is 3.65. The predicted molar refractivity (Wildman–Crippen MR) is 61.8 cm³/mol. The van der Waals surface area contributed by atoms with Crippen LogP contribution in [0.15, 0.2) is 0 Å². The van der Waals surface area contributed by atoms with Crippen LogP contribution in [0, 0.1) is 11.8 Å². The number of rotatable bonds is 6. The van der Waals surface area contributed by atoms with Crippen molar-refractivity contribution in [3.63, 3.8) is 0 Å². The van der Waals surface area contributed by atoms with Crippen LogP contribution in [0.3, 0.4) is 0 Å². The lowest BCUT2D eigenvalue weighted by molar-refractivity contribution is -0.138. The van der Waals surface area contributed by atoms with Gasteiger partial charge in [0, 0.05) is 6.42 Å². The largest absolute Gasteiger partial charge is 0.481 e. The van der Waals surface area contributed by atoms with Crippen molar-refractivity contribution >= 4 is 5.97 Å². The van der Waals surface area contributed by atoms with Crippen LogP contribution >= 0.6 is 0 Å². The Hall–Kier alpha value is -0.530. The van der Waals surface area contributed by atoms with Crippen molar-refractivity contribution in [2.24, 2.45) is 11.8 Å². The van der Waals surface area contributed by atoms with E-state index < -0.39 is 5.97 Å². The average Bonchev–Trinajstić information content (AvgIpc) is 2.20. The van der Waals surface area contributed by atoms with Crippen LogP contribution in [-0.2, 0) is 4.79 Å². The summed E-state index contributed by atoms with van der Waals surface area (Å²) < 4.78 is 0. The normalized spacial score (nSPS) is 26.5. The molecule has 0 bridgehead atoms. The molecule has 0 saturated heterocycles. The highest BCUT2D eigenvalue weighted by Gasteiger charge is 2.22. The Morgan fingerprint density at radius 3 is 2.27 bits per heavy atom. The first-order valence-corrected chi connectivity index (χ1v) is 6.44. The van der Waals surface area contributed by atoms with Crippen molar-refractivity contribution in [3.05, 3.63) is 0 Å². The summed E-state index contributed by atoms with van der Waals surface area (Å²) in [5, 5.41) is 8.70. The van der Waals surface area contributed by atoms with Crippen LogP contribution in [0.5, 0.6) is 0 Å². The summed E-state index contributed by atoms with van der Waals surface area (Å²) in [4.78, 5) is 10.6. The molecule has 2 heteroatoms. The van der Waals surface area contributed by atoms with Gasteiger partial charge in [-0.2, -0.15) is 0 Å². The molecular weight excluding hydrogens is 188 g/mol. The lowest BCUT2D eigenvalue weighted by atomic mass is 9.78. The summed E-state index contributed by atoms with van der Waals surface area (Å²) in [7, 11) is 0. The standard InChI is InChI=1S/C13H24O2/c1-2-3-4-5-11-6-8-12(9-7-11)10-13(14)15/h11-12H,2-10H2,1H3,(H,14,15). The lowest BCUT2D eigenvalue weighted by Crippen LogP contribution is -2.17. The Morgan fingerprint density at radius 2 is 1.73 bits per heavy atom. The molecule has 0 aromatic heterocycles. The minimum atomic E-state index is -0.621. The summed E-state index contributed by atoms with van der Waals surface area (Å²) >= 11 is 0. The number of unbranched alkanes of at least 4 members (excludes halogenated alkanes) is 2. The number of carboxylic acids is 1. The first-order chi connectivity index (χ1) is 7.22. The molecular formula is C13H24O2. The highest BCUT2D eigenvalue weighted by molar-refractivity contribution is 5.67. The fraction of sp³-hybridized carbons (Fsp3) is 0.923. The second-order valence-electron chi connectivity index (χ2n) is 4.98. The average molecular weight is 212 g/mol. The van der Waals surface area contributed by atoms with E-state index in [2.05, 4.69) is 6.92 Å². The molecule has 0 atom stereocenters. The van der Waals surface area contributed by atoms with E-state index in [9.17, 15) is 4.79 Å². The van der Waals surface area contributed by atoms with E-state index in [4.69, 9.17) is 5.11 Å². The van der Waals surface area contributed by atoms with Gasteiger partial charge in [0.2, 0.25) is 0 Å². The smallest absolute Gasteiger partial charge is 0.303 e. The molecule has 0 aromatic carbocycles. The van der Waals surface area contributed by atoms with Crippen molar-refractivity contribution < 1.29 is 9.90 Å². The molecule has 88 valence electrons. The van der Waals surface area contributed by atoms with Gasteiger partial charge >= 0.3 is 5.97 Å². The van der Waals surface area contributed by atoms with Crippen LogP contribution in [0.1, 0.15) is 64.7 Å². The third-order valence-corrected chi connectivity index (χ3v) is 3.65. The molecule has 1 fully saturated rings. The van der Waals surface area contributed by atoms with Gasteiger partial charge in [-0.25, -0.2) is 0 Å². The van der Waals surface area contributed by atoms with Gasteiger partial charge in [0.05, 0.1) is 0 Å². The van der Waals surface area contributed by atoms with Crippen LogP contribution < -0.4 is 0 Å². The summed E-state index contributed by atoms with van der Waals surface area (Å²) in [6.07, 6.45) is 10.6. The van der Waals surface area contributed by atoms with E-state index in [1.54, 1.807) is 0 Å². The quantitative estimate of drug-likeness (QED) is 0.679. The zero-order chi connectivity index (χ0) is 11.1. The van der Waals surface area contributed by atoms with Crippen LogP contribution in [-0.4, -0.2) is 11.1 Å². The molecule has 1 aliphatic rings. The first-order valence-electron chi connectivity index (χ1n) is 6.44. The second kappa shape index (κ2) is 6.86. The second-order valence-corrected chi connectivity index (χ2v) is 4.98. The zero-order valence-corrected chi connectivity index (χ0v) is 9.87. The van der Waals surface area contributed by atoms with Crippen LogP contribution in [0.4, 0.5) is 0 Å². The highest BCUT2D eigenvalue weighted by atomic mass is 16.4. The minimum absolute atomic E-state index is 0.391. The minimum Gasteiger partial charge on any atom is -0.481 e. The molecule has 15 heavy (non-hydrogen) atoms. The number of carbonyl (C=O) groups is 1. The molecule has 0 aromatic rings. The molecule has 2 nitrogen and oxygen atoms in total. The maximum atomic E-state index is 10.6. The van der Waals surface area contributed by atoms with Gasteiger partial charge in [-0.1, -0.05) is 45.4 Å². The maximum absolute atomic E-state index is 10.6. The lowest BCUT2D eigenvalue weighted by Gasteiger charge is -2.27. The van der Waals surface area contributed by atoms with Crippen molar-refractivity contribution in [2.75, 3.05) is 0 Å². The molecule has 0 spiro atoms. The van der Waals surface area contributed by atoms with Gasteiger partial charge in [-0.15, -0.1) is 0 Å². The fourth-order valence-corrected chi connectivity index (χ4v) is 2.65. The third kappa shape index (κ3) is 5.19. The molecule has 0 aliphatic heterocycles. The molecule has 0 radical (unpaired) electrons. The van der Waals surface area contributed by atoms with Crippen molar-refractivity contribution in [1.82, 2.24) is 0 Å². The summed E-state index contributed by atoms with van der Waals surface area (Å²) in [5.74, 6) is 0.732. The summed E-state index contributed by atoms with van der Waals surface area (Å²) in [6.45, 7) is 2.24. The van der Waals surface area contributed by atoms with Gasteiger partial charge in [0.15, 0.2) is 0 Å². The van der Waals surface area contributed by atoms with E-state index in [1.807, 2.05) is 0 Å². The Kier molecular flexibility index (Phi) is 5.74. The van der Waals surface area contributed by atoms with Gasteiger partial charge in [-0.3, -0.25) is 4.79 Å². The monoisotopic (exact) mass is 212 g/mol. The van der Waals surface area contributed by atoms with E-state index in [0.29, 0.717) is 12.3 Å². The van der Waals surface area contributed by atoms with E-state index in [-0.39, 0.29) is 0 Å². The first kappa shape index (κ1) is 12.5. The molecule has 1 N–H and O–H groups in total. The Balaban J connectivity index is 2.10. The van der Waals surface area contributed by atoms with E-state index in [1.165, 1.54) is 38.5 Å². The van der Waals surface area contributed by atoms with Gasteiger partial charge in [0.1, 0.15) is 0 Å². The SMILES string of the molecule is CCCCCC1CCC(CC(=O)O)CC1. The molecule has 0 heterocycles. The molecule has 0 unspecified atom stereocenters. The summed E-state index contributed by atoms with van der Waals surface area (Å²) in [5.41, 5.74) is 0. The van der Waals surface area contributed by atoms with Crippen molar-refractivity contribution in [2.45, 2.75) is 64.7 Å². The summed E-state index contributed by atoms with van der Waals surface area (Å²) in [6, 6.07) is 0. The van der Waals surface area contributed by atoms with Gasteiger partial charge < -0.3 is 5.11 Å². The maximum Gasteiger partial charge on any atom is 0.303 e. The Bertz CT molecular complexity index is 181. The molecule has 0 amide bonds. The van der Waals surface area contributed by atoms with Gasteiger partial charge in [0.25, 0.3) is 0 Å². The predicted octanol–water partition coefficient (Wildman–Crippen LogP) is 3.85. The zero-order valence-electron chi connectivity index (χ0n) is 9.87. The fourth-order valence-electron chi connectivity index (χ4n) is 2.65. The highest BCUT2D eigenvalue weighted by Crippen LogP contribution is 2.33. The van der Waals surface area contributed by atoms with Gasteiger partial charge in [-0.05, 0) is 24.7 Å². The molecule has 1 saturated carbocycles. The number of aliphatic carboxylic acids is 1. The molecule has 1 rings (SSSR count). The topological polar surface area (TPSA) is 37.3 Å². The molecule has 1 aliphatic carbocycles. The van der Waals surface area contributed by atoms with E-state index >= 15 is 0 Å². The number of hydrogen-bond donors (Lipinski definition) is 1. The van der Waals surface area contributed by atoms with Crippen molar-refractivity contribution in [3.8, 4) is 0 Å². The Morgan fingerprint density at radius 1 is 1.13 bits per heavy atom. The Labute approximate surface area is 93.1 Å². The van der Waals surface area contributed by atoms with E-state index in [0.717, 1.165) is 18.8 Å². The number of carboxylic acid groups (broad SMARTS) is 1.